The highest BCUT2D eigenvalue weighted by Crippen LogP contribution is 2.36. The van der Waals surface area contributed by atoms with Crippen molar-refractivity contribution in [3.63, 3.8) is 0 Å². The maximum atomic E-state index is 12.5. The summed E-state index contributed by atoms with van der Waals surface area (Å²) in [6.45, 7) is 0.320. The fraction of sp³-hybridized carbons (Fsp3) is 0.0345. The van der Waals surface area contributed by atoms with Crippen LogP contribution in [0.3, 0.4) is 0 Å². The molecule has 1 heterocycles. The van der Waals surface area contributed by atoms with E-state index in [1.165, 1.54) is 0 Å². The third-order valence-electron chi connectivity index (χ3n) is 5.51. The third-order valence-corrected chi connectivity index (χ3v) is 7.06. The van der Waals surface area contributed by atoms with Crippen molar-refractivity contribution in [2.24, 2.45) is 4.99 Å². The van der Waals surface area contributed by atoms with Gasteiger partial charge in [0.1, 0.15) is 12.4 Å². The fourth-order valence-electron chi connectivity index (χ4n) is 3.69. The zero-order valence-corrected chi connectivity index (χ0v) is 22.7. The van der Waals surface area contributed by atoms with E-state index >= 15 is 0 Å². The standard InChI is InChI=1S/C29H18Br2ClNO3/c30-23-14-18(15-24(31)27(23)35-17-22-8-4-5-9-25(22)32)16-26-29(34)36-28(33-26)21-12-10-20(11-13-21)19-6-2-1-3-7-19/h1-16H,17H2/b26-16-. The summed E-state index contributed by atoms with van der Waals surface area (Å²) in [5.41, 5.74) is 4.79. The lowest BCUT2D eigenvalue weighted by Gasteiger charge is -2.12. The molecule has 0 saturated heterocycles. The number of nitrogens with zero attached hydrogens (tertiary/aromatic N) is 1. The maximum absolute atomic E-state index is 12.5. The Hall–Kier alpha value is -3.19. The van der Waals surface area contributed by atoms with Crippen LogP contribution in [0, 0.1) is 0 Å². The molecule has 0 bridgehead atoms. The van der Waals surface area contributed by atoms with E-state index in [4.69, 9.17) is 21.1 Å². The molecule has 0 aliphatic carbocycles. The minimum absolute atomic E-state index is 0.223. The summed E-state index contributed by atoms with van der Waals surface area (Å²) in [7, 11) is 0. The van der Waals surface area contributed by atoms with Gasteiger partial charge < -0.3 is 9.47 Å². The molecule has 4 nitrogen and oxygen atoms in total. The molecule has 0 saturated carbocycles. The number of halogens is 3. The summed E-state index contributed by atoms with van der Waals surface area (Å²) in [5.74, 6) is 0.417. The SMILES string of the molecule is O=C1OC(c2ccc(-c3ccccc3)cc2)=N/C1=C\c1cc(Br)c(OCc2ccccc2Cl)c(Br)c1. The van der Waals surface area contributed by atoms with Gasteiger partial charge in [-0.3, -0.25) is 0 Å². The van der Waals surface area contributed by atoms with Crippen LogP contribution in [0.25, 0.3) is 17.2 Å². The Balaban J connectivity index is 1.34. The summed E-state index contributed by atoms with van der Waals surface area (Å²) in [5, 5.41) is 0.647. The molecule has 0 unspecified atom stereocenters. The molecule has 0 aromatic heterocycles. The van der Waals surface area contributed by atoms with Crippen LogP contribution in [-0.2, 0) is 16.1 Å². The molecule has 0 N–H and O–H groups in total. The Kier molecular flexibility index (Phi) is 7.37. The largest absolute Gasteiger partial charge is 0.486 e. The minimum atomic E-state index is -0.497. The number of carbonyl (C=O) groups excluding carboxylic acids is 1. The summed E-state index contributed by atoms with van der Waals surface area (Å²) in [6.07, 6.45) is 1.68. The lowest BCUT2D eigenvalue weighted by atomic mass is 10.0. The van der Waals surface area contributed by atoms with Crippen molar-refractivity contribution in [3.05, 3.63) is 127 Å². The van der Waals surface area contributed by atoms with Crippen LogP contribution in [-0.4, -0.2) is 11.9 Å². The molecule has 4 aromatic rings. The lowest BCUT2D eigenvalue weighted by molar-refractivity contribution is -0.129. The average molecular weight is 624 g/mol. The Bertz CT molecular complexity index is 1480. The van der Waals surface area contributed by atoms with Crippen molar-refractivity contribution in [2.75, 3.05) is 0 Å². The lowest BCUT2D eigenvalue weighted by Crippen LogP contribution is -2.05. The second kappa shape index (κ2) is 10.8. The molecule has 0 fully saturated rings. The number of aliphatic imine (C=N–C) groups is 1. The molecule has 7 heteroatoms. The summed E-state index contributed by atoms with van der Waals surface area (Å²) in [6, 6.07) is 29.1. The fourth-order valence-corrected chi connectivity index (χ4v) is 5.33. The first-order valence-electron chi connectivity index (χ1n) is 11.0. The number of esters is 1. The van der Waals surface area contributed by atoms with E-state index in [1.807, 2.05) is 91.0 Å². The van der Waals surface area contributed by atoms with Gasteiger partial charge in [0.15, 0.2) is 5.70 Å². The van der Waals surface area contributed by atoms with E-state index in [9.17, 15) is 4.79 Å². The highest BCUT2D eigenvalue weighted by atomic mass is 79.9. The van der Waals surface area contributed by atoms with Gasteiger partial charge in [0.25, 0.3) is 0 Å². The maximum Gasteiger partial charge on any atom is 0.363 e. The Morgan fingerprint density at radius 3 is 2.14 bits per heavy atom. The smallest absolute Gasteiger partial charge is 0.363 e. The first-order chi connectivity index (χ1) is 17.5. The Morgan fingerprint density at radius 1 is 0.833 bits per heavy atom. The number of hydrogen-bond acceptors (Lipinski definition) is 4. The normalized spacial score (nSPS) is 14.0. The van der Waals surface area contributed by atoms with Gasteiger partial charge >= 0.3 is 5.97 Å². The van der Waals surface area contributed by atoms with Gasteiger partial charge in [0.2, 0.25) is 5.90 Å². The van der Waals surface area contributed by atoms with Gasteiger partial charge in [-0.15, -0.1) is 0 Å². The zero-order chi connectivity index (χ0) is 25.1. The number of benzene rings is 4. The molecule has 0 spiro atoms. The molecular weight excluding hydrogens is 606 g/mol. The third kappa shape index (κ3) is 5.46. The van der Waals surface area contributed by atoms with E-state index in [0.717, 1.165) is 36.8 Å². The van der Waals surface area contributed by atoms with Crippen LogP contribution in [0.4, 0.5) is 0 Å². The van der Waals surface area contributed by atoms with Crippen LogP contribution in [0.2, 0.25) is 5.02 Å². The van der Waals surface area contributed by atoms with Gasteiger partial charge in [0, 0.05) is 16.1 Å². The van der Waals surface area contributed by atoms with Crippen molar-refractivity contribution < 1.29 is 14.3 Å². The second-order valence-electron chi connectivity index (χ2n) is 7.97. The first kappa shape index (κ1) is 24.5. The van der Waals surface area contributed by atoms with Crippen LogP contribution >= 0.6 is 43.5 Å². The molecule has 1 aliphatic heterocycles. The first-order valence-corrected chi connectivity index (χ1v) is 13.0. The Labute approximate surface area is 230 Å². The van der Waals surface area contributed by atoms with E-state index in [2.05, 4.69) is 36.9 Å². The summed E-state index contributed by atoms with van der Waals surface area (Å²) in [4.78, 5) is 16.9. The minimum Gasteiger partial charge on any atom is -0.486 e. The molecule has 4 aromatic carbocycles. The summed E-state index contributed by atoms with van der Waals surface area (Å²) < 4.78 is 12.9. The van der Waals surface area contributed by atoms with Gasteiger partial charge in [-0.2, -0.15) is 0 Å². The molecular formula is C29H18Br2ClNO3. The molecule has 0 radical (unpaired) electrons. The van der Waals surface area contributed by atoms with Crippen molar-refractivity contribution >= 4 is 61.4 Å². The van der Waals surface area contributed by atoms with Crippen LogP contribution in [0.5, 0.6) is 5.75 Å². The predicted molar refractivity (Wildman–Crippen MR) is 150 cm³/mol. The zero-order valence-electron chi connectivity index (χ0n) is 18.8. The number of ether oxygens (including phenoxy) is 2. The van der Waals surface area contributed by atoms with Crippen LogP contribution in [0.1, 0.15) is 16.7 Å². The number of carbonyl (C=O) groups is 1. The van der Waals surface area contributed by atoms with Crippen LogP contribution < -0.4 is 4.74 Å². The molecule has 1 aliphatic rings. The number of cyclic esters (lactones) is 1. The highest BCUT2D eigenvalue weighted by molar-refractivity contribution is 9.11. The molecule has 5 rings (SSSR count). The molecule has 36 heavy (non-hydrogen) atoms. The quantitative estimate of drug-likeness (QED) is 0.160. The molecule has 0 atom stereocenters. The average Bonchev–Trinajstić information content (AvgIpc) is 3.25. The van der Waals surface area contributed by atoms with Gasteiger partial charge in [-0.05, 0) is 85.0 Å². The topological polar surface area (TPSA) is 47.9 Å². The monoisotopic (exact) mass is 621 g/mol. The summed E-state index contributed by atoms with van der Waals surface area (Å²) >= 11 is 13.3. The number of rotatable bonds is 6. The van der Waals surface area contributed by atoms with Gasteiger partial charge in [-0.1, -0.05) is 72.3 Å². The highest BCUT2D eigenvalue weighted by Gasteiger charge is 2.24. The van der Waals surface area contributed by atoms with E-state index in [1.54, 1.807) is 6.08 Å². The van der Waals surface area contributed by atoms with Gasteiger partial charge in [0.05, 0.1) is 8.95 Å². The van der Waals surface area contributed by atoms with E-state index in [0.29, 0.717) is 17.4 Å². The van der Waals surface area contributed by atoms with Crippen molar-refractivity contribution in [1.29, 1.82) is 0 Å². The predicted octanol–water partition coefficient (Wildman–Crippen LogP) is 8.46. The van der Waals surface area contributed by atoms with Crippen molar-refractivity contribution in [1.82, 2.24) is 0 Å². The van der Waals surface area contributed by atoms with Crippen molar-refractivity contribution in [2.45, 2.75) is 6.61 Å². The van der Waals surface area contributed by atoms with E-state index in [-0.39, 0.29) is 11.6 Å². The van der Waals surface area contributed by atoms with Crippen LogP contribution in [0.15, 0.2) is 111 Å². The Morgan fingerprint density at radius 2 is 1.44 bits per heavy atom. The molecule has 178 valence electrons. The second-order valence-corrected chi connectivity index (χ2v) is 10.1. The molecule has 0 amide bonds. The van der Waals surface area contributed by atoms with Gasteiger partial charge in [-0.25, -0.2) is 9.79 Å². The van der Waals surface area contributed by atoms with E-state index < -0.39 is 5.97 Å². The van der Waals surface area contributed by atoms with Crippen molar-refractivity contribution in [3.8, 4) is 16.9 Å². The number of hydrogen-bond donors (Lipinski definition) is 0.